The average molecular weight is 442 g/mol. The molecule has 0 radical (unpaired) electrons. The largest absolute Gasteiger partial charge is 0.416 e. The molecule has 3 rings (SSSR count). The number of thioether (sulfide) groups is 1. The Morgan fingerprint density at radius 3 is 2.59 bits per heavy atom. The number of halogens is 4. The minimum Gasteiger partial charge on any atom is -0.325 e. The van der Waals surface area contributed by atoms with Crippen LogP contribution < -0.4 is 5.32 Å². The van der Waals surface area contributed by atoms with E-state index >= 15 is 0 Å². The molecular formula is C19H15ClF3N3O2S. The third-order valence-corrected chi connectivity index (χ3v) is 5.56. The Hall–Kier alpha value is -2.52. The van der Waals surface area contributed by atoms with Crippen LogP contribution in [0.2, 0.25) is 5.02 Å². The van der Waals surface area contributed by atoms with Gasteiger partial charge in [0, 0.05) is 24.2 Å². The maximum atomic E-state index is 12.9. The molecule has 0 aromatic heterocycles. The number of amidine groups is 1. The molecule has 29 heavy (non-hydrogen) atoms. The van der Waals surface area contributed by atoms with Crippen LogP contribution >= 0.6 is 23.4 Å². The fourth-order valence-corrected chi connectivity index (χ4v) is 3.71. The molecule has 2 amide bonds. The van der Waals surface area contributed by atoms with Crippen LogP contribution in [0.4, 0.5) is 24.5 Å². The maximum absolute atomic E-state index is 12.9. The second-order valence-corrected chi connectivity index (χ2v) is 7.81. The molecule has 2 aromatic rings. The lowest BCUT2D eigenvalue weighted by Crippen LogP contribution is -2.43. The summed E-state index contributed by atoms with van der Waals surface area (Å²) in [6.07, 6.45) is -4.55. The molecule has 2 aromatic carbocycles. The Bertz CT molecular complexity index is 964. The molecule has 10 heteroatoms. The van der Waals surface area contributed by atoms with E-state index in [4.69, 9.17) is 11.6 Å². The topological polar surface area (TPSA) is 61.8 Å². The van der Waals surface area contributed by atoms with Crippen LogP contribution in [0.15, 0.2) is 53.5 Å². The van der Waals surface area contributed by atoms with Crippen molar-refractivity contribution in [1.82, 2.24) is 4.90 Å². The fraction of sp³-hybridized carbons (Fsp3) is 0.211. The van der Waals surface area contributed by atoms with E-state index in [1.165, 1.54) is 24.1 Å². The number of benzene rings is 2. The number of nitrogens with one attached hydrogen (secondary N) is 1. The third-order valence-electron chi connectivity index (χ3n) is 4.07. The Balaban J connectivity index is 1.80. The van der Waals surface area contributed by atoms with Crippen molar-refractivity contribution in [3.8, 4) is 0 Å². The first kappa shape index (κ1) is 21.2. The number of amides is 2. The van der Waals surface area contributed by atoms with Gasteiger partial charge in [-0.3, -0.25) is 14.5 Å². The van der Waals surface area contributed by atoms with Gasteiger partial charge in [0.15, 0.2) is 5.17 Å². The summed E-state index contributed by atoms with van der Waals surface area (Å²) in [6, 6.07) is 11.0. The molecule has 0 spiro atoms. The quantitative estimate of drug-likeness (QED) is 0.733. The first-order valence-electron chi connectivity index (χ1n) is 8.39. The molecule has 152 valence electrons. The summed E-state index contributed by atoms with van der Waals surface area (Å²) < 4.78 is 38.7. The SMILES string of the molecule is CN1C(=O)CC(C(=O)Nc2ccc(Cl)cc2)SC1=Nc1cccc(C(F)(F)F)c1. The van der Waals surface area contributed by atoms with Gasteiger partial charge >= 0.3 is 6.18 Å². The van der Waals surface area contributed by atoms with Crippen molar-refractivity contribution >= 4 is 51.7 Å². The van der Waals surface area contributed by atoms with E-state index in [2.05, 4.69) is 10.3 Å². The molecule has 1 saturated heterocycles. The summed E-state index contributed by atoms with van der Waals surface area (Å²) in [4.78, 5) is 30.2. The lowest BCUT2D eigenvalue weighted by molar-refractivity contribution is -0.137. The van der Waals surface area contributed by atoms with Gasteiger partial charge in [0.1, 0.15) is 5.25 Å². The average Bonchev–Trinajstić information content (AvgIpc) is 2.66. The summed E-state index contributed by atoms with van der Waals surface area (Å²) >= 11 is 6.83. The van der Waals surface area contributed by atoms with Gasteiger partial charge in [-0.1, -0.05) is 29.4 Å². The number of hydrogen-bond donors (Lipinski definition) is 1. The van der Waals surface area contributed by atoms with E-state index in [0.717, 1.165) is 23.9 Å². The summed E-state index contributed by atoms with van der Waals surface area (Å²) in [5, 5.41) is 2.60. The Morgan fingerprint density at radius 2 is 1.93 bits per heavy atom. The molecule has 1 N–H and O–H groups in total. The second kappa shape index (κ2) is 8.46. The van der Waals surface area contributed by atoms with Crippen molar-refractivity contribution in [3.05, 3.63) is 59.1 Å². The van der Waals surface area contributed by atoms with Crippen molar-refractivity contribution in [1.29, 1.82) is 0 Å². The van der Waals surface area contributed by atoms with Crippen molar-refractivity contribution in [2.45, 2.75) is 17.8 Å². The molecule has 1 aliphatic heterocycles. The summed E-state index contributed by atoms with van der Waals surface area (Å²) in [5.41, 5.74) is -0.283. The van der Waals surface area contributed by atoms with Crippen LogP contribution in [-0.2, 0) is 15.8 Å². The number of hydrogen-bond acceptors (Lipinski definition) is 4. The second-order valence-electron chi connectivity index (χ2n) is 6.20. The highest BCUT2D eigenvalue weighted by Gasteiger charge is 2.34. The zero-order chi connectivity index (χ0) is 21.2. The lowest BCUT2D eigenvalue weighted by Gasteiger charge is -2.28. The molecule has 0 saturated carbocycles. The van der Waals surface area contributed by atoms with E-state index in [0.29, 0.717) is 10.7 Å². The molecular weight excluding hydrogens is 427 g/mol. The van der Waals surface area contributed by atoms with Crippen molar-refractivity contribution in [3.63, 3.8) is 0 Å². The van der Waals surface area contributed by atoms with Gasteiger partial charge in [-0.05, 0) is 42.5 Å². The minimum atomic E-state index is -4.50. The van der Waals surface area contributed by atoms with Gasteiger partial charge in [0.25, 0.3) is 0 Å². The van der Waals surface area contributed by atoms with E-state index < -0.39 is 22.9 Å². The highest BCUT2D eigenvalue weighted by atomic mass is 35.5. The summed E-state index contributed by atoms with van der Waals surface area (Å²) in [6.45, 7) is 0. The van der Waals surface area contributed by atoms with Crippen LogP contribution in [0.25, 0.3) is 0 Å². The van der Waals surface area contributed by atoms with Crippen LogP contribution in [0.5, 0.6) is 0 Å². The van der Waals surface area contributed by atoms with Crippen molar-refractivity contribution < 1.29 is 22.8 Å². The van der Waals surface area contributed by atoms with E-state index in [1.54, 1.807) is 24.3 Å². The van der Waals surface area contributed by atoms with Gasteiger partial charge in [-0.2, -0.15) is 13.2 Å². The molecule has 0 aliphatic carbocycles. The molecule has 1 fully saturated rings. The van der Waals surface area contributed by atoms with Crippen LogP contribution in [0, 0.1) is 0 Å². The maximum Gasteiger partial charge on any atom is 0.416 e. The van der Waals surface area contributed by atoms with Gasteiger partial charge < -0.3 is 5.32 Å². The lowest BCUT2D eigenvalue weighted by atomic mass is 10.2. The predicted molar refractivity (Wildman–Crippen MR) is 107 cm³/mol. The number of nitrogens with zero attached hydrogens (tertiary/aromatic N) is 2. The van der Waals surface area contributed by atoms with E-state index in [1.807, 2.05) is 0 Å². The number of anilines is 1. The van der Waals surface area contributed by atoms with E-state index in [9.17, 15) is 22.8 Å². The number of aliphatic imine (C=N–C) groups is 1. The first-order chi connectivity index (χ1) is 13.6. The smallest absolute Gasteiger partial charge is 0.325 e. The van der Waals surface area contributed by atoms with Gasteiger partial charge in [-0.15, -0.1) is 0 Å². The third kappa shape index (κ3) is 5.30. The Morgan fingerprint density at radius 1 is 1.24 bits per heavy atom. The normalized spacial score (nSPS) is 18.8. The van der Waals surface area contributed by atoms with Crippen LogP contribution in [-0.4, -0.2) is 34.2 Å². The van der Waals surface area contributed by atoms with Gasteiger partial charge in [0.2, 0.25) is 11.8 Å². The molecule has 1 atom stereocenters. The standard InChI is InChI=1S/C19H15ClF3N3O2S/c1-26-16(27)10-15(17(28)24-13-7-5-12(20)6-8-13)29-18(26)25-14-4-2-3-11(9-14)19(21,22)23/h2-9,15H,10H2,1H3,(H,24,28). The number of carbonyl (C=O) groups excluding carboxylic acids is 2. The summed E-state index contributed by atoms with van der Waals surface area (Å²) in [5.74, 6) is -0.763. The minimum absolute atomic E-state index is 0.0423. The van der Waals surface area contributed by atoms with Crippen molar-refractivity contribution in [2.75, 3.05) is 12.4 Å². The molecule has 1 aliphatic rings. The van der Waals surface area contributed by atoms with E-state index in [-0.39, 0.29) is 23.2 Å². The molecule has 0 bridgehead atoms. The Labute approximate surface area is 173 Å². The number of alkyl halides is 3. The highest BCUT2D eigenvalue weighted by Crippen LogP contribution is 2.33. The van der Waals surface area contributed by atoms with Gasteiger partial charge in [0.05, 0.1) is 11.3 Å². The molecule has 5 nitrogen and oxygen atoms in total. The zero-order valence-electron chi connectivity index (χ0n) is 15.0. The fourth-order valence-electron chi connectivity index (χ4n) is 2.52. The molecule has 1 heterocycles. The Kier molecular flexibility index (Phi) is 6.18. The molecule has 1 unspecified atom stereocenters. The van der Waals surface area contributed by atoms with Crippen LogP contribution in [0.3, 0.4) is 0 Å². The number of carbonyl (C=O) groups is 2. The summed E-state index contributed by atoms with van der Waals surface area (Å²) in [7, 11) is 1.47. The zero-order valence-corrected chi connectivity index (χ0v) is 16.6. The van der Waals surface area contributed by atoms with Crippen LogP contribution in [0.1, 0.15) is 12.0 Å². The van der Waals surface area contributed by atoms with Crippen molar-refractivity contribution in [2.24, 2.45) is 4.99 Å². The first-order valence-corrected chi connectivity index (χ1v) is 9.65. The predicted octanol–water partition coefficient (Wildman–Crippen LogP) is 4.95. The number of rotatable bonds is 3. The van der Waals surface area contributed by atoms with Gasteiger partial charge in [-0.25, -0.2) is 4.99 Å². The highest BCUT2D eigenvalue weighted by molar-refractivity contribution is 8.15. The monoisotopic (exact) mass is 441 g/mol.